The fraction of sp³-hybridized carbons (Fsp3) is 0.312. The molecule has 0 spiro atoms. The van der Waals surface area contributed by atoms with Gasteiger partial charge in [0.2, 0.25) is 0 Å². The van der Waals surface area contributed by atoms with Crippen molar-refractivity contribution in [3.05, 3.63) is 57.7 Å². The minimum absolute atomic E-state index is 0.215. The first-order chi connectivity index (χ1) is 9.70. The first-order valence-corrected chi connectivity index (χ1v) is 7.66. The fourth-order valence-corrected chi connectivity index (χ4v) is 3.44. The van der Waals surface area contributed by atoms with Gasteiger partial charge >= 0.3 is 0 Å². The van der Waals surface area contributed by atoms with E-state index in [-0.39, 0.29) is 6.04 Å². The maximum atomic E-state index is 6.05. The van der Waals surface area contributed by atoms with Gasteiger partial charge in [0.1, 0.15) is 5.82 Å². The van der Waals surface area contributed by atoms with E-state index < -0.39 is 0 Å². The Morgan fingerprint density at radius 1 is 1.40 bits per heavy atom. The molecule has 2 N–H and O–H groups in total. The molecular formula is C16H18BrN3. The Morgan fingerprint density at radius 3 is 2.95 bits per heavy atom. The number of rotatable bonds is 2. The predicted octanol–water partition coefficient (Wildman–Crippen LogP) is 3.22. The first kappa shape index (κ1) is 13.6. The summed E-state index contributed by atoms with van der Waals surface area (Å²) in [7, 11) is 0. The summed E-state index contributed by atoms with van der Waals surface area (Å²) in [5, 5.41) is 0. The summed E-state index contributed by atoms with van der Waals surface area (Å²) in [6.07, 6.45) is 2.90. The van der Waals surface area contributed by atoms with Crippen LogP contribution in [0.1, 0.15) is 22.7 Å². The number of pyridine rings is 1. The Kier molecular flexibility index (Phi) is 3.76. The molecule has 0 fully saturated rings. The minimum atomic E-state index is 0.215. The van der Waals surface area contributed by atoms with Gasteiger partial charge < -0.3 is 10.6 Å². The molecule has 1 aliphatic heterocycles. The summed E-state index contributed by atoms with van der Waals surface area (Å²) < 4.78 is 1.01. The molecule has 1 atom stereocenters. The molecule has 4 heteroatoms. The van der Waals surface area contributed by atoms with Crippen LogP contribution in [0, 0.1) is 6.92 Å². The van der Waals surface area contributed by atoms with Gasteiger partial charge in [-0.1, -0.05) is 24.3 Å². The lowest BCUT2D eigenvalue weighted by molar-refractivity contribution is 0.582. The molecule has 2 aromatic rings. The number of fused-ring (bicyclic) bond motifs is 1. The third-order valence-electron chi connectivity index (χ3n) is 3.92. The van der Waals surface area contributed by atoms with Crippen LogP contribution in [0.5, 0.6) is 0 Å². The van der Waals surface area contributed by atoms with E-state index in [0.29, 0.717) is 6.54 Å². The van der Waals surface area contributed by atoms with Gasteiger partial charge in [0.05, 0.1) is 6.04 Å². The van der Waals surface area contributed by atoms with Gasteiger partial charge in [0.15, 0.2) is 0 Å². The van der Waals surface area contributed by atoms with Crippen LogP contribution in [0.2, 0.25) is 0 Å². The van der Waals surface area contributed by atoms with Crippen molar-refractivity contribution in [2.24, 2.45) is 5.73 Å². The Hall–Kier alpha value is -1.39. The minimum Gasteiger partial charge on any atom is -0.348 e. The zero-order valence-electron chi connectivity index (χ0n) is 11.5. The largest absolute Gasteiger partial charge is 0.348 e. The highest BCUT2D eigenvalue weighted by Crippen LogP contribution is 2.34. The average molecular weight is 332 g/mol. The van der Waals surface area contributed by atoms with E-state index in [9.17, 15) is 0 Å². The standard InChI is InChI=1S/C16H18BrN3/c1-11-8-13(17)10-19-16(11)20-7-6-12-4-2-3-5-14(12)15(20)9-18/h2-5,8,10,15H,6-7,9,18H2,1H3. The van der Waals surface area contributed by atoms with Crippen molar-refractivity contribution in [2.45, 2.75) is 19.4 Å². The molecule has 1 aromatic heterocycles. The van der Waals surface area contributed by atoms with Gasteiger partial charge in [-0.05, 0) is 52.0 Å². The molecule has 1 unspecified atom stereocenters. The number of halogens is 1. The van der Waals surface area contributed by atoms with Crippen LogP contribution in [0.25, 0.3) is 0 Å². The van der Waals surface area contributed by atoms with E-state index in [1.54, 1.807) is 0 Å². The molecule has 1 aromatic carbocycles. The third-order valence-corrected chi connectivity index (χ3v) is 4.36. The lowest BCUT2D eigenvalue weighted by Gasteiger charge is -2.38. The number of aromatic nitrogens is 1. The van der Waals surface area contributed by atoms with Crippen LogP contribution in [-0.2, 0) is 6.42 Å². The van der Waals surface area contributed by atoms with Crippen LogP contribution in [0.3, 0.4) is 0 Å². The normalized spacial score (nSPS) is 17.9. The Bertz CT molecular complexity index is 627. The van der Waals surface area contributed by atoms with Crippen LogP contribution in [0.15, 0.2) is 41.0 Å². The molecule has 104 valence electrons. The molecule has 0 saturated heterocycles. The molecule has 0 amide bonds. The molecule has 3 nitrogen and oxygen atoms in total. The first-order valence-electron chi connectivity index (χ1n) is 6.87. The van der Waals surface area contributed by atoms with E-state index in [0.717, 1.165) is 23.3 Å². The van der Waals surface area contributed by atoms with Crippen LogP contribution >= 0.6 is 15.9 Å². The number of nitrogens with two attached hydrogens (primary N) is 1. The number of nitrogens with zero attached hydrogens (tertiary/aromatic N) is 2. The smallest absolute Gasteiger partial charge is 0.132 e. The van der Waals surface area contributed by atoms with E-state index in [4.69, 9.17) is 5.73 Å². The van der Waals surface area contributed by atoms with Gasteiger partial charge in [-0.15, -0.1) is 0 Å². The second-order valence-electron chi connectivity index (χ2n) is 5.19. The van der Waals surface area contributed by atoms with Gasteiger partial charge in [-0.3, -0.25) is 0 Å². The van der Waals surface area contributed by atoms with Crippen LogP contribution in [-0.4, -0.2) is 18.1 Å². The summed E-state index contributed by atoms with van der Waals surface area (Å²) in [6.45, 7) is 3.67. The number of anilines is 1. The fourth-order valence-electron chi connectivity index (χ4n) is 2.99. The van der Waals surface area contributed by atoms with E-state index in [1.165, 1.54) is 16.7 Å². The topological polar surface area (TPSA) is 42.2 Å². The molecule has 0 radical (unpaired) electrons. The van der Waals surface area contributed by atoms with Crippen LogP contribution in [0.4, 0.5) is 5.82 Å². The SMILES string of the molecule is Cc1cc(Br)cnc1N1CCc2ccccc2C1CN. The van der Waals surface area contributed by atoms with Gasteiger partial charge in [-0.25, -0.2) is 4.98 Å². The molecule has 3 rings (SSSR count). The molecular weight excluding hydrogens is 314 g/mol. The van der Waals surface area contributed by atoms with Crippen molar-refractivity contribution in [1.29, 1.82) is 0 Å². The zero-order valence-corrected chi connectivity index (χ0v) is 13.1. The Balaban J connectivity index is 2.03. The summed E-state index contributed by atoms with van der Waals surface area (Å²) >= 11 is 3.47. The van der Waals surface area contributed by atoms with Crippen molar-refractivity contribution >= 4 is 21.7 Å². The van der Waals surface area contributed by atoms with E-state index >= 15 is 0 Å². The summed E-state index contributed by atoms with van der Waals surface area (Å²) in [4.78, 5) is 6.93. The van der Waals surface area contributed by atoms with Gasteiger partial charge in [0, 0.05) is 23.8 Å². The Labute approximate surface area is 127 Å². The van der Waals surface area contributed by atoms with Crippen molar-refractivity contribution in [3.63, 3.8) is 0 Å². The molecule has 0 aliphatic carbocycles. The lowest BCUT2D eigenvalue weighted by Crippen LogP contribution is -2.40. The van der Waals surface area contributed by atoms with E-state index in [2.05, 4.69) is 63.1 Å². The number of aryl methyl sites for hydroxylation is 1. The van der Waals surface area contributed by atoms with Gasteiger partial charge in [-0.2, -0.15) is 0 Å². The second kappa shape index (κ2) is 5.54. The lowest BCUT2D eigenvalue weighted by atomic mass is 9.92. The number of hydrogen-bond donors (Lipinski definition) is 1. The van der Waals surface area contributed by atoms with Crippen molar-refractivity contribution in [3.8, 4) is 0 Å². The van der Waals surface area contributed by atoms with Crippen molar-refractivity contribution in [1.82, 2.24) is 4.98 Å². The maximum absolute atomic E-state index is 6.05. The summed E-state index contributed by atoms with van der Waals surface area (Å²) in [5.41, 5.74) is 9.97. The second-order valence-corrected chi connectivity index (χ2v) is 6.10. The molecule has 2 heterocycles. The monoisotopic (exact) mass is 331 g/mol. The zero-order chi connectivity index (χ0) is 14.1. The molecule has 20 heavy (non-hydrogen) atoms. The highest BCUT2D eigenvalue weighted by molar-refractivity contribution is 9.10. The van der Waals surface area contributed by atoms with Crippen molar-refractivity contribution in [2.75, 3.05) is 18.0 Å². The quantitative estimate of drug-likeness (QED) is 0.918. The molecule has 1 aliphatic rings. The summed E-state index contributed by atoms with van der Waals surface area (Å²) in [5.74, 6) is 1.04. The highest BCUT2D eigenvalue weighted by Gasteiger charge is 2.27. The number of hydrogen-bond acceptors (Lipinski definition) is 3. The molecule has 0 saturated carbocycles. The number of benzene rings is 1. The van der Waals surface area contributed by atoms with Gasteiger partial charge in [0.25, 0.3) is 0 Å². The van der Waals surface area contributed by atoms with Crippen molar-refractivity contribution < 1.29 is 0 Å². The average Bonchev–Trinajstić information content (AvgIpc) is 2.46. The maximum Gasteiger partial charge on any atom is 0.132 e. The third kappa shape index (κ3) is 2.34. The van der Waals surface area contributed by atoms with Crippen LogP contribution < -0.4 is 10.6 Å². The van der Waals surface area contributed by atoms with E-state index in [1.807, 2.05) is 6.20 Å². The molecule has 0 bridgehead atoms. The highest BCUT2D eigenvalue weighted by atomic mass is 79.9. The summed E-state index contributed by atoms with van der Waals surface area (Å²) in [6, 6.07) is 10.9. The Morgan fingerprint density at radius 2 is 2.20 bits per heavy atom. The predicted molar refractivity (Wildman–Crippen MR) is 86.0 cm³/mol.